The van der Waals surface area contributed by atoms with Crippen molar-refractivity contribution in [1.29, 1.82) is 0 Å². The minimum atomic E-state index is -4.14. The van der Waals surface area contributed by atoms with Crippen molar-refractivity contribution in [3.63, 3.8) is 0 Å². The van der Waals surface area contributed by atoms with Crippen LogP contribution in [0.15, 0.2) is 83.8 Å². The van der Waals surface area contributed by atoms with E-state index in [4.69, 9.17) is 16.3 Å². The molecular weight excluding hydrogens is 538 g/mol. The first-order chi connectivity index (χ1) is 18.7. The summed E-state index contributed by atoms with van der Waals surface area (Å²) in [5.74, 6) is -0.343. The van der Waals surface area contributed by atoms with Gasteiger partial charge in [0.1, 0.15) is 18.3 Å². The van der Waals surface area contributed by atoms with Gasteiger partial charge in [-0.15, -0.1) is 0 Å². The summed E-state index contributed by atoms with van der Waals surface area (Å²) >= 11 is 6.17. The van der Waals surface area contributed by atoms with Gasteiger partial charge in [0.25, 0.3) is 10.0 Å². The number of sulfonamides is 1. The van der Waals surface area contributed by atoms with Crippen molar-refractivity contribution >= 4 is 39.1 Å². The van der Waals surface area contributed by atoms with Crippen molar-refractivity contribution in [3.05, 3.63) is 89.4 Å². The maximum absolute atomic E-state index is 13.9. The van der Waals surface area contributed by atoms with E-state index >= 15 is 0 Å². The van der Waals surface area contributed by atoms with Crippen molar-refractivity contribution in [2.24, 2.45) is 0 Å². The van der Waals surface area contributed by atoms with E-state index in [9.17, 15) is 18.0 Å². The number of nitrogens with zero attached hydrogens (tertiary/aromatic N) is 2. The Bertz CT molecular complexity index is 1350. The number of methoxy groups -OCH3 is 1. The van der Waals surface area contributed by atoms with Gasteiger partial charge < -0.3 is 15.0 Å². The number of ether oxygens (including phenoxy) is 1. The predicted molar refractivity (Wildman–Crippen MR) is 153 cm³/mol. The van der Waals surface area contributed by atoms with Crippen LogP contribution in [0.5, 0.6) is 5.75 Å². The zero-order valence-corrected chi connectivity index (χ0v) is 23.9. The zero-order chi connectivity index (χ0) is 28.4. The highest BCUT2D eigenvalue weighted by molar-refractivity contribution is 7.92. The highest BCUT2D eigenvalue weighted by Crippen LogP contribution is 2.26. The summed E-state index contributed by atoms with van der Waals surface area (Å²) in [6.07, 6.45) is 1.72. The fourth-order valence-electron chi connectivity index (χ4n) is 3.95. The smallest absolute Gasteiger partial charge is 0.264 e. The fraction of sp³-hybridized carbons (Fsp3) is 0.310. The molecule has 0 fully saturated rings. The lowest BCUT2D eigenvalue weighted by atomic mass is 10.1. The molecule has 1 N–H and O–H groups in total. The lowest BCUT2D eigenvalue weighted by molar-refractivity contribution is -0.139. The molecule has 3 aromatic rings. The first-order valence-electron chi connectivity index (χ1n) is 12.7. The van der Waals surface area contributed by atoms with Gasteiger partial charge in [0.2, 0.25) is 11.8 Å². The molecule has 0 aromatic heterocycles. The minimum Gasteiger partial charge on any atom is -0.497 e. The molecule has 0 spiro atoms. The molecule has 0 bridgehead atoms. The van der Waals surface area contributed by atoms with Gasteiger partial charge in [-0.25, -0.2) is 8.42 Å². The van der Waals surface area contributed by atoms with Crippen molar-refractivity contribution in [1.82, 2.24) is 10.2 Å². The molecule has 208 valence electrons. The number of hydrogen-bond donors (Lipinski definition) is 1. The molecule has 1 atom stereocenters. The summed E-state index contributed by atoms with van der Waals surface area (Å²) in [6.45, 7) is 3.71. The lowest BCUT2D eigenvalue weighted by Gasteiger charge is -2.32. The highest BCUT2D eigenvalue weighted by atomic mass is 35.5. The third-order valence-corrected chi connectivity index (χ3v) is 8.23. The maximum atomic E-state index is 13.9. The standard InChI is InChI=1S/C29H34ClN3O5S/c1-4-5-18-31-29(35)22(2)32(20-23-10-9-11-24(30)19-23)28(34)21-33(25-12-7-6-8-13-25)39(36,37)27-16-14-26(38-3)15-17-27/h6-17,19,22H,4-5,18,20-21H2,1-3H3,(H,31,35). The average molecular weight is 572 g/mol. The maximum Gasteiger partial charge on any atom is 0.264 e. The number of hydrogen-bond acceptors (Lipinski definition) is 5. The molecule has 1 unspecified atom stereocenters. The first-order valence-corrected chi connectivity index (χ1v) is 14.5. The summed E-state index contributed by atoms with van der Waals surface area (Å²) in [5, 5.41) is 3.36. The molecule has 0 aliphatic carbocycles. The molecule has 0 saturated heterocycles. The molecular formula is C29H34ClN3O5S. The SMILES string of the molecule is CCCCNC(=O)C(C)N(Cc1cccc(Cl)c1)C(=O)CN(c1ccccc1)S(=O)(=O)c1ccc(OC)cc1. The van der Waals surface area contributed by atoms with Crippen molar-refractivity contribution in [3.8, 4) is 5.75 Å². The van der Waals surface area contributed by atoms with E-state index in [-0.39, 0.29) is 17.3 Å². The molecule has 39 heavy (non-hydrogen) atoms. The van der Waals surface area contributed by atoms with Crippen LogP contribution in [0.4, 0.5) is 5.69 Å². The van der Waals surface area contributed by atoms with E-state index in [2.05, 4.69) is 5.32 Å². The van der Waals surface area contributed by atoms with Gasteiger partial charge in [-0.3, -0.25) is 13.9 Å². The van der Waals surface area contributed by atoms with Gasteiger partial charge in [-0.05, 0) is 67.4 Å². The Balaban J connectivity index is 1.97. The van der Waals surface area contributed by atoms with Crippen molar-refractivity contribution in [2.45, 2.75) is 44.2 Å². The number of rotatable bonds is 13. The Kier molecular flexibility index (Phi) is 10.8. The van der Waals surface area contributed by atoms with Crippen LogP contribution in [0.1, 0.15) is 32.3 Å². The number of unbranched alkanes of at least 4 members (excludes halogenated alkanes) is 1. The third-order valence-electron chi connectivity index (χ3n) is 6.21. The van der Waals surface area contributed by atoms with E-state index in [0.29, 0.717) is 28.6 Å². The monoisotopic (exact) mass is 571 g/mol. The second kappa shape index (κ2) is 14.0. The number of benzene rings is 3. The van der Waals surface area contributed by atoms with Gasteiger partial charge in [0.15, 0.2) is 0 Å². The normalized spacial score (nSPS) is 11.9. The van der Waals surface area contributed by atoms with Crippen molar-refractivity contribution in [2.75, 3.05) is 24.5 Å². The predicted octanol–water partition coefficient (Wildman–Crippen LogP) is 4.88. The topological polar surface area (TPSA) is 96.0 Å². The molecule has 0 radical (unpaired) electrons. The summed E-state index contributed by atoms with van der Waals surface area (Å²) in [6, 6.07) is 20.5. The molecule has 8 nitrogen and oxygen atoms in total. The Hall–Kier alpha value is -3.56. The van der Waals surface area contributed by atoms with Crippen LogP contribution in [0, 0.1) is 0 Å². The second-order valence-electron chi connectivity index (χ2n) is 8.99. The molecule has 0 saturated carbocycles. The van der Waals surface area contributed by atoms with Gasteiger partial charge >= 0.3 is 0 Å². The lowest BCUT2D eigenvalue weighted by Crippen LogP contribution is -2.51. The molecule has 3 aromatic carbocycles. The summed E-state index contributed by atoms with van der Waals surface area (Å²) in [5.41, 5.74) is 1.04. The van der Waals surface area contributed by atoms with E-state index in [1.165, 1.54) is 24.1 Å². The van der Waals surface area contributed by atoms with E-state index in [1.807, 2.05) is 6.92 Å². The molecule has 0 heterocycles. The highest BCUT2D eigenvalue weighted by Gasteiger charge is 2.32. The number of halogens is 1. The molecule has 2 amide bonds. The first kappa shape index (κ1) is 30.0. The minimum absolute atomic E-state index is 0.00620. The summed E-state index contributed by atoms with van der Waals surface area (Å²) in [4.78, 5) is 28.2. The molecule has 0 aliphatic heterocycles. The number of carbonyl (C=O) groups excluding carboxylic acids is 2. The average Bonchev–Trinajstić information content (AvgIpc) is 2.94. The van der Waals surface area contributed by atoms with Gasteiger partial charge in [-0.2, -0.15) is 0 Å². The quantitative estimate of drug-likeness (QED) is 0.295. The van der Waals surface area contributed by atoms with Crippen LogP contribution in [0.25, 0.3) is 0 Å². The van der Waals surface area contributed by atoms with Crippen LogP contribution in [0.3, 0.4) is 0 Å². The summed E-state index contributed by atoms with van der Waals surface area (Å²) in [7, 11) is -2.65. The number of carbonyl (C=O) groups is 2. The van der Waals surface area contributed by atoms with Crippen LogP contribution in [0.2, 0.25) is 5.02 Å². The Labute approximate surface area is 235 Å². The Morgan fingerprint density at radius 2 is 1.69 bits per heavy atom. The molecule has 0 aliphatic rings. The van der Waals surface area contributed by atoms with Crippen LogP contribution in [-0.4, -0.2) is 51.4 Å². The van der Waals surface area contributed by atoms with Gasteiger partial charge in [0.05, 0.1) is 17.7 Å². The second-order valence-corrected chi connectivity index (χ2v) is 11.3. The number of nitrogens with one attached hydrogen (secondary N) is 1. The number of anilines is 1. The molecule has 10 heteroatoms. The van der Waals surface area contributed by atoms with Crippen LogP contribution < -0.4 is 14.4 Å². The zero-order valence-electron chi connectivity index (χ0n) is 22.3. The van der Waals surface area contributed by atoms with Crippen molar-refractivity contribution < 1.29 is 22.7 Å². The summed E-state index contributed by atoms with van der Waals surface area (Å²) < 4.78 is 33.8. The van der Waals surface area contributed by atoms with E-state index < -0.39 is 28.5 Å². The number of para-hydroxylation sites is 1. The van der Waals surface area contributed by atoms with Crippen LogP contribution in [-0.2, 0) is 26.2 Å². The van der Waals surface area contributed by atoms with Gasteiger partial charge in [-0.1, -0.05) is 55.3 Å². The van der Waals surface area contributed by atoms with Gasteiger partial charge in [0, 0.05) is 18.1 Å². The Morgan fingerprint density at radius 3 is 2.31 bits per heavy atom. The Morgan fingerprint density at radius 1 is 1.00 bits per heavy atom. The van der Waals surface area contributed by atoms with E-state index in [0.717, 1.165) is 17.1 Å². The fourth-order valence-corrected chi connectivity index (χ4v) is 5.58. The largest absolute Gasteiger partial charge is 0.497 e. The van der Waals surface area contributed by atoms with Crippen LogP contribution >= 0.6 is 11.6 Å². The number of amides is 2. The molecule has 3 rings (SSSR count). The third kappa shape index (κ3) is 7.97. The van der Waals surface area contributed by atoms with E-state index in [1.54, 1.807) is 73.7 Å².